The van der Waals surface area contributed by atoms with Crippen LogP contribution in [0.4, 0.5) is 21.8 Å². The minimum absolute atomic E-state index is 0.224. The number of rotatable bonds is 4. The summed E-state index contributed by atoms with van der Waals surface area (Å²) >= 11 is 0. The molecule has 0 saturated carbocycles. The van der Waals surface area contributed by atoms with Crippen LogP contribution in [0.25, 0.3) is 0 Å². The van der Waals surface area contributed by atoms with Gasteiger partial charge in [0.15, 0.2) is 0 Å². The van der Waals surface area contributed by atoms with Crippen LogP contribution < -0.4 is 10.2 Å². The molecule has 3 aromatic rings. The maximum absolute atomic E-state index is 13.0. The number of fused-ring (bicyclic) bond motifs is 1. The van der Waals surface area contributed by atoms with Crippen molar-refractivity contribution < 1.29 is 4.39 Å². The third kappa shape index (κ3) is 3.52. The zero-order valence-electron chi connectivity index (χ0n) is 14.7. The Balaban J connectivity index is 1.58. The lowest BCUT2D eigenvalue weighted by atomic mass is 10.0. The summed E-state index contributed by atoms with van der Waals surface area (Å²) in [6.07, 6.45) is 2.18. The molecule has 1 N–H and O–H groups in total. The number of para-hydroxylation sites is 1. The highest BCUT2D eigenvalue weighted by atomic mass is 19.1. The number of nitrogens with zero attached hydrogens (tertiary/aromatic N) is 3. The molecular formula is C21H21FN4. The van der Waals surface area contributed by atoms with Crippen LogP contribution in [0.1, 0.15) is 23.2 Å². The summed E-state index contributed by atoms with van der Waals surface area (Å²) in [4.78, 5) is 11.6. The molecule has 1 aliphatic heterocycles. The lowest BCUT2D eigenvalue weighted by Crippen LogP contribution is -2.26. The molecule has 4 rings (SSSR count). The van der Waals surface area contributed by atoms with Crippen LogP contribution in [0.5, 0.6) is 0 Å². The Morgan fingerprint density at radius 3 is 2.73 bits per heavy atom. The largest absolute Gasteiger partial charge is 0.366 e. The van der Waals surface area contributed by atoms with Crippen LogP contribution in [0.15, 0.2) is 54.6 Å². The Kier molecular flexibility index (Phi) is 4.52. The molecule has 0 radical (unpaired) electrons. The fourth-order valence-corrected chi connectivity index (χ4v) is 3.30. The number of benzene rings is 2. The van der Waals surface area contributed by atoms with Crippen LogP contribution in [-0.4, -0.2) is 16.5 Å². The van der Waals surface area contributed by atoms with Crippen molar-refractivity contribution in [2.75, 3.05) is 16.8 Å². The molecular weight excluding hydrogens is 327 g/mol. The van der Waals surface area contributed by atoms with Gasteiger partial charge in [-0.25, -0.2) is 9.37 Å². The monoisotopic (exact) mass is 348 g/mol. The molecule has 1 aliphatic rings. The maximum atomic E-state index is 13.0. The highest BCUT2D eigenvalue weighted by Crippen LogP contribution is 2.31. The van der Waals surface area contributed by atoms with Gasteiger partial charge < -0.3 is 10.2 Å². The van der Waals surface area contributed by atoms with Crippen molar-refractivity contribution >= 4 is 17.5 Å². The van der Waals surface area contributed by atoms with Gasteiger partial charge in [-0.15, -0.1) is 0 Å². The quantitative estimate of drug-likeness (QED) is 0.747. The molecule has 2 heterocycles. The van der Waals surface area contributed by atoms with E-state index >= 15 is 0 Å². The third-order valence-corrected chi connectivity index (χ3v) is 4.58. The molecule has 5 heteroatoms. The summed E-state index contributed by atoms with van der Waals surface area (Å²) in [5, 5.41) is 3.32. The van der Waals surface area contributed by atoms with Gasteiger partial charge in [0.25, 0.3) is 0 Å². The predicted octanol–water partition coefficient (Wildman–Crippen LogP) is 4.62. The number of aryl methyl sites for hydroxylation is 2. The molecule has 0 spiro atoms. The fraction of sp³-hybridized carbons (Fsp3) is 0.238. The molecule has 0 bridgehead atoms. The van der Waals surface area contributed by atoms with Gasteiger partial charge in [0.05, 0.1) is 0 Å². The van der Waals surface area contributed by atoms with Crippen molar-refractivity contribution in [3.63, 3.8) is 0 Å². The normalized spacial score (nSPS) is 13.4. The maximum Gasteiger partial charge on any atom is 0.232 e. The lowest BCUT2D eigenvalue weighted by Gasteiger charge is -2.29. The summed E-state index contributed by atoms with van der Waals surface area (Å²) in [6, 6.07) is 16.9. The average molecular weight is 348 g/mol. The Labute approximate surface area is 152 Å². The Morgan fingerprint density at radius 2 is 1.88 bits per heavy atom. The van der Waals surface area contributed by atoms with E-state index in [1.165, 1.54) is 23.4 Å². The van der Waals surface area contributed by atoms with Gasteiger partial charge in [-0.1, -0.05) is 30.3 Å². The van der Waals surface area contributed by atoms with Gasteiger partial charge in [-0.2, -0.15) is 4.98 Å². The molecule has 1 aromatic heterocycles. The molecule has 0 atom stereocenters. The zero-order valence-corrected chi connectivity index (χ0v) is 14.7. The topological polar surface area (TPSA) is 41.1 Å². The molecule has 132 valence electrons. The van der Waals surface area contributed by atoms with Crippen molar-refractivity contribution in [1.82, 2.24) is 9.97 Å². The second-order valence-corrected chi connectivity index (χ2v) is 6.56. The van der Waals surface area contributed by atoms with E-state index in [9.17, 15) is 4.39 Å². The molecule has 0 unspecified atom stereocenters. The van der Waals surface area contributed by atoms with Crippen LogP contribution in [-0.2, 0) is 13.0 Å². The molecule has 2 aromatic carbocycles. The first-order valence-electron chi connectivity index (χ1n) is 8.88. The number of halogens is 1. The second-order valence-electron chi connectivity index (χ2n) is 6.56. The average Bonchev–Trinajstić information content (AvgIpc) is 2.67. The molecule has 0 saturated heterocycles. The molecule has 4 nitrogen and oxygen atoms in total. The van der Waals surface area contributed by atoms with Crippen LogP contribution >= 0.6 is 0 Å². The fourth-order valence-electron chi connectivity index (χ4n) is 3.30. The van der Waals surface area contributed by atoms with E-state index < -0.39 is 0 Å². The first-order valence-corrected chi connectivity index (χ1v) is 8.88. The van der Waals surface area contributed by atoms with Crippen molar-refractivity contribution in [3.8, 4) is 0 Å². The van der Waals surface area contributed by atoms with E-state index in [-0.39, 0.29) is 5.82 Å². The molecule has 0 fully saturated rings. The van der Waals surface area contributed by atoms with Crippen LogP contribution in [0.3, 0.4) is 0 Å². The number of hydrogen-bond donors (Lipinski definition) is 1. The van der Waals surface area contributed by atoms with E-state index in [2.05, 4.69) is 39.5 Å². The van der Waals surface area contributed by atoms with Gasteiger partial charge in [0, 0.05) is 30.5 Å². The van der Waals surface area contributed by atoms with Crippen LogP contribution in [0, 0.1) is 12.7 Å². The number of nitrogens with one attached hydrogen (secondary N) is 1. The van der Waals surface area contributed by atoms with Crippen molar-refractivity contribution in [1.29, 1.82) is 0 Å². The highest BCUT2D eigenvalue weighted by molar-refractivity contribution is 5.64. The Hall–Kier alpha value is -2.95. The molecule has 0 aliphatic carbocycles. The summed E-state index contributed by atoms with van der Waals surface area (Å²) in [6.45, 7) is 3.48. The van der Waals surface area contributed by atoms with Crippen molar-refractivity contribution in [2.24, 2.45) is 0 Å². The van der Waals surface area contributed by atoms with Crippen molar-refractivity contribution in [3.05, 3.63) is 77.2 Å². The van der Waals surface area contributed by atoms with E-state index in [0.29, 0.717) is 6.54 Å². The molecule has 26 heavy (non-hydrogen) atoms. The number of anilines is 3. The summed E-state index contributed by atoms with van der Waals surface area (Å²) < 4.78 is 13.0. The number of aromatic nitrogens is 2. The van der Waals surface area contributed by atoms with Gasteiger partial charge in [0.1, 0.15) is 11.6 Å². The van der Waals surface area contributed by atoms with E-state index in [1.807, 2.05) is 13.0 Å². The second kappa shape index (κ2) is 7.12. The minimum atomic E-state index is -0.224. The van der Waals surface area contributed by atoms with Crippen molar-refractivity contribution in [2.45, 2.75) is 26.3 Å². The van der Waals surface area contributed by atoms with Gasteiger partial charge in [0.2, 0.25) is 5.95 Å². The van der Waals surface area contributed by atoms with Gasteiger partial charge >= 0.3 is 0 Å². The molecule has 0 amide bonds. The summed E-state index contributed by atoms with van der Waals surface area (Å²) in [5.74, 6) is 1.27. The lowest BCUT2D eigenvalue weighted by molar-refractivity contribution is 0.627. The SMILES string of the molecule is Cc1cc(NCc2ccc(F)cc2)nc(N2CCCc3ccccc32)n1. The van der Waals surface area contributed by atoms with E-state index in [4.69, 9.17) is 4.98 Å². The minimum Gasteiger partial charge on any atom is -0.366 e. The van der Waals surface area contributed by atoms with E-state index in [0.717, 1.165) is 42.4 Å². The van der Waals surface area contributed by atoms with E-state index in [1.54, 1.807) is 12.1 Å². The summed E-state index contributed by atoms with van der Waals surface area (Å²) in [5.41, 5.74) is 4.45. The highest BCUT2D eigenvalue weighted by Gasteiger charge is 2.20. The third-order valence-electron chi connectivity index (χ3n) is 4.58. The predicted molar refractivity (Wildman–Crippen MR) is 102 cm³/mol. The summed E-state index contributed by atoms with van der Waals surface area (Å²) in [7, 11) is 0. The zero-order chi connectivity index (χ0) is 17.9. The Bertz CT molecular complexity index is 908. The first-order chi connectivity index (χ1) is 12.7. The number of hydrogen-bond acceptors (Lipinski definition) is 4. The van der Waals surface area contributed by atoms with Gasteiger partial charge in [-0.05, 0) is 49.1 Å². The first kappa shape index (κ1) is 16.5. The van der Waals surface area contributed by atoms with Crippen LogP contribution in [0.2, 0.25) is 0 Å². The standard InChI is InChI=1S/C21H21FN4/c1-15-13-20(23-14-16-8-10-18(22)11-9-16)25-21(24-15)26-12-4-6-17-5-2-3-7-19(17)26/h2-3,5,7-11,13H,4,6,12,14H2,1H3,(H,23,24,25). The Morgan fingerprint density at radius 1 is 1.08 bits per heavy atom. The smallest absolute Gasteiger partial charge is 0.232 e. The van der Waals surface area contributed by atoms with Gasteiger partial charge in [-0.3, -0.25) is 0 Å².